The molecule has 0 heterocycles. The summed E-state index contributed by atoms with van der Waals surface area (Å²) < 4.78 is 29.1. The zero-order valence-electron chi connectivity index (χ0n) is 6.15. The van der Waals surface area contributed by atoms with Crippen molar-refractivity contribution in [1.82, 2.24) is 0 Å². The van der Waals surface area contributed by atoms with Crippen molar-refractivity contribution >= 4 is 16.0 Å². The van der Waals surface area contributed by atoms with Crippen molar-refractivity contribution in [1.29, 1.82) is 0 Å². The second-order valence-electron chi connectivity index (χ2n) is 2.33. The predicted molar refractivity (Wildman–Crippen MR) is 39.4 cm³/mol. The van der Waals surface area contributed by atoms with E-state index in [-0.39, 0.29) is 12.8 Å². The van der Waals surface area contributed by atoms with Crippen LogP contribution >= 0.6 is 0 Å². The Labute approximate surface area is 65.3 Å². The number of rotatable bonds is 4. The second kappa shape index (κ2) is 3.68. The molecule has 1 amide bonds. The maximum absolute atomic E-state index is 10.3. The second-order valence-corrected chi connectivity index (χ2v) is 4.17. The van der Waals surface area contributed by atoms with Gasteiger partial charge in [0.05, 0.1) is 5.25 Å². The first-order valence-corrected chi connectivity index (χ1v) is 4.59. The van der Waals surface area contributed by atoms with E-state index in [4.69, 9.17) is 10.3 Å². The minimum atomic E-state index is -4.01. The first-order valence-electron chi connectivity index (χ1n) is 3.08. The fourth-order valence-corrected chi connectivity index (χ4v) is 0.910. The molecule has 0 rings (SSSR count). The van der Waals surface area contributed by atoms with Crippen molar-refractivity contribution in [2.24, 2.45) is 5.73 Å². The lowest BCUT2D eigenvalue weighted by Gasteiger charge is -2.04. The molecule has 0 fully saturated rings. The van der Waals surface area contributed by atoms with Crippen LogP contribution in [0.25, 0.3) is 0 Å². The van der Waals surface area contributed by atoms with Crippen LogP contribution in [0.1, 0.15) is 19.8 Å². The Balaban J connectivity index is 3.90. The highest BCUT2D eigenvalue weighted by atomic mass is 32.2. The summed E-state index contributed by atoms with van der Waals surface area (Å²) in [7, 11) is -4.01. The molecule has 5 nitrogen and oxygen atoms in total. The number of hydrogen-bond acceptors (Lipinski definition) is 3. The van der Waals surface area contributed by atoms with Gasteiger partial charge in [-0.25, -0.2) is 0 Å². The lowest BCUT2D eigenvalue weighted by atomic mass is 10.2. The van der Waals surface area contributed by atoms with Gasteiger partial charge in [0.15, 0.2) is 0 Å². The summed E-state index contributed by atoms with van der Waals surface area (Å²) in [6, 6.07) is 0. The maximum Gasteiger partial charge on any atom is 0.267 e. The zero-order valence-corrected chi connectivity index (χ0v) is 6.97. The van der Waals surface area contributed by atoms with Crippen molar-refractivity contribution in [2.45, 2.75) is 25.0 Å². The summed E-state index contributed by atoms with van der Waals surface area (Å²) in [5, 5.41) is -0.921. The van der Waals surface area contributed by atoms with Gasteiger partial charge in [0, 0.05) is 6.42 Å². The SMILES string of the molecule is CC(CCC(N)=O)S(=O)(=O)O. The molecule has 3 N–H and O–H groups in total. The summed E-state index contributed by atoms with van der Waals surface area (Å²) in [5.41, 5.74) is 4.77. The van der Waals surface area contributed by atoms with E-state index in [9.17, 15) is 13.2 Å². The Bertz CT molecular complexity index is 233. The number of amides is 1. The lowest BCUT2D eigenvalue weighted by Crippen LogP contribution is -2.20. The van der Waals surface area contributed by atoms with E-state index >= 15 is 0 Å². The minimum absolute atomic E-state index is 0.0268. The molecule has 0 aromatic rings. The molecular formula is C5H11NO4S. The number of primary amides is 1. The predicted octanol–water partition coefficient (Wildman–Crippen LogP) is -0.472. The van der Waals surface area contributed by atoms with Crippen LogP contribution in [0.15, 0.2) is 0 Å². The summed E-state index contributed by atoms with van der Waals surface area (Å²) in [5.74, 6) is -0.569. The summed E-state index contributed by atoms with van der Waals surface area (Å²) in [6.45, 7) is 1.32. The summed E-state index contributed by atoms with van der Waals surface area (Å²) in [6.07, 6.45) is 0.0368. The molecule has 1 unspecified atom stereocenters. The van der Waals surface area contributed by atoms with Crippen LogP contribution in [0.5, 0.6) is 0 Å². The van der Waals surface area contributed by atoms with Crippen molar-refractivity contribution in [3.8, 4) is 0 Å². The van der Waals surface area contributed by atoms with Crippen LogP contribution in [-0.2, 0) is 14.9 Å². The zero-order chi connectivity index (χ0) is 9.07. The highest BCUT2D eigenvalue weighted by Crippen LogP contribution is 2.04. The quantitative estimate of drug-likeness (QED) is 0.573. The number of carbonyl (C=O) groups excluding carboxylic acids is 1. The van der Waals surface area contributed by atoms with Gasteiger partial charge >= 0.3 is 0 Å². The Morgan fingerprint density at radius 3 is 2.36 bits per heavy atom. The van der Waals surface area contributed by atoms with E-state index in [1.165, 1.54) is 6.92 Å². The Morgan fingerprint density at radius 2 is 2.09 bits per heavy atom. The van der Waals surface area contributed by atoms with Crippen LogP contribution < -0.4 is 5.73 Å². The van der Waals surface area contributed by atoms with Crippen molar-refractivity contribution in [3.63, 3.8) is 0 Å². The molecule has 6 heteroatoms. The van der Waals surface area contributed by atoms with Gasteiger partial charge in [-0.3, -0.25) is 9.35 Å². The maximum atomic E-state index is 10.3. The van der Waals surface area contributed by atoms with Gasteiger partial charge in [-0.05, 0) is 13.3 Å². The van der Waals surface area contributed by atoms with E-state index < -0.39 is 21.3 Å². The molecule has 0 spiro atoms. The smallest absolute Gasteiger partial charge is 0.267 e. The van der Waals surface area contributed by atoms with Crippen LogP contribution in [0.2, 0.25) is 0 Å². The molecule has 0 aromatic heterocycles. The average molecular weight is 181 g/mol. The van der Waals surface area contributed by atoms with Crippen molar-refractivity contribution in [3.05, 3.63) is 0 Å². The molecule has 0 bridgehead atoms. The van der Waals surface area contributed by atoms with Gasteiger partial charge in [0.1, 0.15) is 0 Å². The Kier molecular flexibility index (Phi) is 3.47. The molecule has 11 heavy (non-hydrogen) atoms. The molecule has 66 valence electrons. The molecule has 0 radical (unpaired) electrons. The van der Waals surface area contributed by atoms with Crippen LogP contribution in [0.4, 0.5) is 0 Å². The largest absolute Gasteiger partial charge is 0.370 e. The molecule has 1 atom stereocenters. The molecule has 0 aliphatic carbocycles. The van der Waals surface area contributed by atoms with Gasteiger partial charge < -0.3 is 5.73 Å². The highest BCUT2D eigenvalue weighted by molar-refractivity contribution is 7.86. The normalized spacial score (nSPS) is 14.4. The van der Waals surface area contributed by atoms with Crippen molar-refractivity contribution < 1.29 is 17.8 Å². The summed E-state index contributed by atoms with van der Waals surface area (Å²) >= 11 is 0. The van der Waals surface area contributed by atoms with E-state index in [0.717, 1.165) is 0 Å². The highest BCUT2D eigenvalue weighted by Gasteiger charge is 2.17. The van der Waals surface area contributed by atoms with Crippen LogP contribution in [0.3, 0.4) is 0 Å². The monoisotopic (exact) mass is 181 g/mol. The number of carbonyl (C=O) groups is 1. The Morgan fingerprint density at radius 1 is 1.64 bits per heavy atom. The van der Waals surface area contributed by atoms with Crippen LogP contribution in [-0.4, -0.2) is 24.1 Å². The molecule has 0 aromatic carbocycles. The third kappa shape index (κ3) is 4.74. The molecule has 0 aliphatic heterocycles. The molecule has 0 saturated heterocycles. The van der Waals surface area contributed by atoms with Gasteiger partial charge in [0.2, 0.25) is 5.91 Å². The van der Waals surface area contributed by atoms with Gasteiger partial charge in [-0.15, -0.1) is 0 Å². The average Bonchev–Trinajstić information content (AvgIpc) is 1.80. The molecule has 0 saturated carbocycles. The molecular weight excluding hydrogens is 170 g/mol. The van der Waals surface area contributed by atoms with E-state index in [1.54, 1.807) is 0 Å². The first-order chi connectivity index (χ1) is 4.84. The van der Waals surface area contributed by atoms with E-state index in [2.05, 4.69) is 0 Å². The fourth-order valence-electron chi connectivity index (χ4n) is 0.494. The van der Waals surface area contributed by atoms with Gasteiger partial charge in [-0.1, -0.05) is 0 Å². The van der Waals surface area contributed by atoms with Crippen LogP contribution in [0, 0.1) is 0 Å². The van der Waals surface area contributed by atoms with E-state index in [1.807, 2.05) is 0 Å². The minimum Gasteiger partial charge on any atom is -0.370 e. The molecule has 0 aliphatic rings. The van der Waals surface area contributed by atoms with Gasteiger partial charge in [0.25, 0.3) is 10.1 Å². The number of hydrogen-bond donors (Lipinski definition) is 2. The third-order valence-corrected chi connectivity index (χ3v) is 2.56. The lowest BCUT2D eigenvalue weighted by molar-refractivity contribution is -0.118. The third-order valence-electron chi connectivity index (χ3n) is 1.31. The summed E-state index contributed by atoms with van der Waals surface area (Å²) in [4.78, 5) is 10.2. The number of nitrogens with two attached hydrogens (primary N) is 1. The van der Waals surface area contributed by atoms with Crippen molar-refractivity contribution in [2.75, 3.05) is 0 Å². The first kappa shape index (κ1) is 10.4. The van der Waals surface area contributed by atoms with E-state index in [0.29, 0.717) is 0 Å². The Hall–Kier alpha value is -0.620. The van der Waals surface area contributed by atoms with Gasteiger partial charge in [-0.2, -0.15) is 8.42 Å². The standard InChI is InChI=1S/C5H11NO4S/c1-4(11(8,9)10)2-3-5(6)7/h4H,2-3H2,1H3,(H2,6,7)(H,8,9,10). The fraction of sp³-hybridized carbons (Fsp3) is 0.800. The topological polar surface area (TPSA) is 97.5 Å².